The molecule has 1 aliphatic rings. The van der Waals surface area contributed by atoms with Gasteiger partial charge in [-0.15, -0.1) is 0 Å². The number of nitrogens with one attached hydrogen (secondary N) is 2. The van der Waals surface area contributed by atoms with Gasteiger partial charge in [-0.3, -0.25) is 4.79 Å². The smallest absolute Gasteiger partial charge is 0.243 e. The fourth-order valence-corrected chi connectivity index (χ4v) is 3.85. The molecule has 0 spiro atoms. The normalized spacial score (nSPS) is 18.6. The Morgan fingerprint density at radius 1 is 1.39 bits per heavy atom. The average molecular weight is 339 g/mol. The molecule has 7 heteroatoms. The summed E-state index contributed by atoms with van der Waals surface area (Å²) in [6.45, 7) is 7.00. The summed E-state index contributed by atoms with van der Waals surface area (Å²) in [5, 5.41) is 6.02. The molecule has 1 heterocycles. The number of sulfonamides is 1. The number of aryl methyl sites for hydroxylation is 1. The summed E-state index contributed by atoms with van der Waals surface area (Å²) in [6, 6.07) is 4.72. The minimum Gasteiger partial charge on any atom is -0.326 e. The van der Waals surface area contributed by atoms with E-state index in [-0.39, 0.29) is 22.8 Å². The van der Waals surface area contributed by atoms with Crippen molar-refractivity contribution in [2.75, 3.05) is 25.5 Å². The highest BCUT2D eigenvalue weighted by molar-refractivity contribution is 7.89. The second-order valence-corrected chi connectivity index (χ2v) is 8.27. The Hall–Kier alpha value is -1.44. The van der Waals surface area contributed by atoms with Crippen LogP contribution in [0.4, 0.5) is 5.69 Å². The first-order chi connectivity index (χ1) is 10.7. The van der Waals surface area contributed by atoms with E-state index in [0.29, 0.717) is 12.2 Å². The Kier molecular flexibility index (Phi) is 5.44. The Bertz CT molecular complexity index is 680. The fraction of sp³-hybridized carbons (Fsp3) is 0.562. The number of rotatable bonds is 5. The van der Waals surface area contributed by atoms with E-state index in [0.717, 1.165) is 18.5 Å². The first-order valence-electron chi connectivity index (χ1n) is 7.83. The summed E-state index contributed by atoms with van der Waals surface area (Å²) in [4.78, 5) is 12.5. The lowest BCUT2D eigenvalue weighted by molar-refractivity contribution is -0.119. The van der Waals surface area contributed by atoms with Crippen LogP contribution < -0.4 is 10.6 Å². The zero-order valence-electron chi connectivity index (χ0n) is 14.1. The van der Waals surface area contributed by atoms with Gasteiger partial charge in [-0.25, -0.2) is 8.42 Å². The third kappa shape index (κ3) is 3.91. The predicted molar refractivity (Wildman–Crippen MR) is 90.9 cm³/mol. The molecule has 1 aliphatic heterocycles. The third-order valence-corrected chi connectivity index (χ3v) is 6.33. The summed E-state index contributed by atoms with van der Waals surface area (Å²) in [6.07, 6.45) is 0.805. The highest BCUT2D eigenvalue weighted by Gasteiger charge is 2.25. The minimum absolute atomic E-state index is 0.0620. The monoisotopic (exact) mass is 339 g/mol. The number of carbonyl (C=O) groups excluding carboxylic acids is 1. The van der Waals surface area contributed by atoms with Gasteiger partial charge in [-0.05, 0) is 51.4 Å². The molecule has 2 rings (SSSR count). The standard InChI is InChI=1S/C16H25N3O3S/c1-11(2)19(4)23(21,22)14-6-5-12(3)15(9-14)18-16(20)13-7-8-17-10-13/h5-6,9,11,13,17H,7-8,10H2,1-4H3,(H,18,20). The molecule has 1 amide bonds. The van der Waals surface area contributed by atoms with Crippen LogP contribution in [0, 0.1) is 12.8 Å². The van der Waals surface area contributed by atoms with E-state index in [1.807, 2.05) is 20.8 Å². The van der Waals surface area contributed by atoms with E-state index in [4.69, 9.17) is 0 Å². The molecule has 1 atom stereocenters. The second kappa shape index (κ2) is 6.98. The van der Waals surface area contributed by atoms with E-state index < -0.39 is 10.0 Å². The molecule has 0 bridgehead atoms. The third-order valence-electron chi connectivity index (χ3n) is 4.30. The quantitative estimate of drug-likeness (QED) is 0.853. The van der Waals surface area contributed by atoms with Gasteiger partial charge in [0.1, 0.15) is 0 Å². The minimum atomic E-state index is -3.56. The molecule has 128 valence electrons. The molecule has 1 fully saturated rings. The van der Waals surface area contributed by atoms with E-state index >= 15 is 0 Å². The van der Waals surface area contributed by atoms with Crippen LogP contribution in [-0.2, 0) is 14.8 Å². The first-order valence-corrected chi connectivity index (χ1v) is 9.27. The van der Waals surface area contributed by atoms with Gasteiger partial charge >= 0.3 is 0 Å². The molecule has 1 aromatic rings. The van der Waals surface area contributed by atoms with Crippen LogP contribution in [0.15, 0.2) is 23.1 Å². The molecule has 0 aromatic heterocycles. The van der Waals surface area contributed by atoms with E-state index in [1.165, 1.54) is 4.31 Å². The van der Waals surface area contributed by atoms with Gasteiger partial charge in [0.15, 0.2) is 0 Å². The average Bonchev–Trinajstić information content (AvgIpc) is 3.02. The van der Waals surface area contributed by atoms with Crippen LogP contribution in [0.5, 0.6) is 0 Å². The van der Waals surface area contributed by atoms with Crippen molar-refractivity contribution in [3.8, 4) is 0 Å². The van der Waals surface area contributed by atoms with Crippen LogP contribution in [0.3, 0.4) is 0 Å². The molecular formula is C16H25N3O3S. The van der Waals surface area contributed by atoms with E-state index in [1.54, 1.807) is 25.2 Å². The molecule has 6 nitrogen and oxygen atoms in total. The molecule has 2 N–H and O–H groups in total. The van der Waals surface area contributed by atoms with Crippen LogP contribution in [0.2, 0.25) is 0 Å². The van der Waals surface area contributed by atoms with Gasteiger partial charge < -0.3 is 10.6 Å². The van der Waals surface area contributed by atoms with Gasteiger partial charge in [-0.1, -0.05) is 6.07 Å². The Labute approximate surface area is 138 Å². The summed E-state index contributed by atoms with van der Waals surface area (Å²) in [5.74, 6) is -0.127. The zero-order valence-corrected chi connectivity index (χ0v) is 14.9. The van der Waals surface area contributed by atoms with Crippen LogP contribution in [-0.4, -0.2) is 44.8 Å². The lowest BCUT2D eigenvalue weighted by Crippen LogP contribution is -2.33. The molecule has 23 heavy (non-hydrogen) atoms. The van der Waals surface area contributed by atoms with Crippen molar-refractivity contribution < 1.29 is 13.2 Å². The predicted octanol–water partition coefficient (Wildman–Crippen LogP) is 1.57. The number of carbonyl (C=O) groups is 1. The van der Waals surface area contributed by atoms with E-state index in [9.17, 15) is 13.2 Å². The number of hydrogen-bond acceptors (Lipinski definition) is 4. The molecule has 0 saturated carbocycles. The van der Waals surface area contributed by atoms with Crippen molar-refractivity contribution in [2.24, 2.45) is 5.92 Å². The van der Waals surface area contributed by atoms with Crippen molar-refractivity contribution in [3.63, 3.8) is 0 Å². The van der Waals surface area contributed by atoms with Crippen LogP contribution in [0.1, 0.15) is 25.8 Å². The van der Waals surface area contributed by atoms with Crippen molar-refractivity contribution in [1.82, 2.24) is 9.62 Å². The largest absolute Gasteiger partial charge is 0.326 e. The van der Waals surface area contributed by atoms with Gasteiger partial charge in [0, 0.05) is 25.3 Å². The van der Waals surface area contributed by atoms with Gasteiger partial charge in [0.25, 0.3) is 0 Å². The molecule has 0 aliphatic carbocycles. The summed E-state index contributed by atoms with van der Waals surface area (Å²) >= 11 is 0. The van der Waals surface area contributed by atoms with Gasteiger partial charge in [-0.2, -0.15) is 4.31 Å². The van der Waals surface area contributed by atoms with Gasteiger partial charge in [0.2, 0.25) is 15.9 Å². The van der Waals surface area contributed by atoms with Crippen molar-refractivity contribution in [1.29, 1.82) is 0 Å². The Balaban J connectivity index is 2.27. The number of nitrogens with zero attached hydrogens (tertiary/aromatic N) is 1. The highest BCUT2D eigenvalue weighted by atomic mass is 32.2. The summed E-state index contributed by atoms with van der Waals surface area (Å²) < 4.78 is 26.5. The number of benzene rings is 1. The summed E-state index contributed by atoms with van der Waals surface area (Å²) in [7, 11) is -2.00. The lowest BCUT2D eigenvalue weighted by Gasteiger charge is -2.22. The first kappa shape index (κ1) is 17.9. The Morgan fingerprint density at radius 3 is 2.65 bits per heavy atom. The molecule has 1 aromatic carbocycles. The number of amides is 1. The van der Waals surface area contributed by atoms with E-state index in [2.05, 4.69) is 10.6 Å². The SMILES string of the molecule is Cc1ccc(S(=O)(=O)N(C)C(C)C)cc1NC(=O)C1CCNC1. The maximum absolute atomic E-state index is 12.6. The Morgan fingerprint density at radius 2 is 2.09 bits per heavy atom. The highest BCUT2D eigenvalue weighted by Crippen LogP contribution is 2.24. The molecule has 0 radical (unpaired) electrons. The maximum atomic E-state index is 12.6. The topological polar surface area (TPSA) is 78.5 Å². The van der Waals surface area contributed by atoms with Crippen LogP contribution in [0.25, 0.3) is 0 Å². The summed E-state index contributed by atoms with van der Waals surface area (Å²) in [5.41, 5.74) is 1.40. The molecule has 1 saturated heterocycles. The zero-order chi connectivity index (χ0) is 17.2. The maximum Gasteiger partial charge on any atom is 0.243 e. The number of anilines is 1. The van der Waals surface area contributed by atoms with Crippen molar-refractivity contribution >= 4 is 21.6 Å². The lowest BCUT2D eigenvalue weighted by atomic mass is 10.1. The fourth-order valence-electron chi connectivity index (χ4n) is 2.45. The van der Waals surface area contributed by atoms with Crippen molar-refractivity contribution in [3.05, 3.63) is 23.8 Å². The second-order valence-electron chi connectivity index (χ2n) is 6.27. The molecule has 1 unspecified atom stereocenters. The van der Waals surface area contributed by atoms with Gasteiger partial charge in [0.05, 0.1) is 10.8 Å². The van der Waals surface area contributed by atoms with Crippen LogP contribution >= 0.6 is 0 Å². The van der Waals surface area contributed by atoms with Crippen molar-refractivity contribution in [2.45, 2.75) is 38.1 Å². The number of hydrogen-bond donors (Lipinski definition) is 2. The molecular weight excluding hydrogens is 314 g/mol.